The van der Waals surface area contributed by atoms with Crippen molar-refractivity contribution in [2.75, 3.05) is 26.2 Å². The second kappa shape index (κ2) is 10.3. The zero-order valence-corrected chi connectivity index (χ0v) is 13.9. The minimum absolute atomic E-state index is 0. The Morgan fingerprint density at radius 1 is 1.19 bits per heavy atom. The van der Waals surface area contributed by atoms with Crippen molar-refractivity contribution < 1.29 is 8.78 Å². The molecule has 0 saturated carbocycles. The molecule has 6 heteroatoms. The maximum Gasteiger partial charge on any atom is 0.130 e. The molecule has 1 heterocycles. The summed E-state index contributed by atoms with van der Waals surface area (Å²) in [6.07, 6.45) is 3.08. The van der Waals surface area contributed by atoms with E-state index in [2.05, 4.69) is 17.1 Å². The highest BCUT2D eigenvalue weighted by Gasteiger charge is 2.24. The molecule has 2 rings (SSSR count). The molecule has 1 aromatic carbocycles. The average molecular weight is 341 g/mol. The third-order valence-corrected chi connectivity index (χ3v) is 3.74. The highest BCUT2D eigenvalue weighted by Crippen LogP contribution is 2.29. The molecule has 21 heavy (non-hydrogen) atoms. The molecule has 0 aromatic heterocycles. The first kappa shape index (κ1) is 20.6. The number of halogens is 4. The van der Waals surface area contributed by atoms with Crippen LogP contribution in [-0.4, -0.2) is 31.1 Å². The lowest BCUT2D eigenvalue weighted by Crippen LogP contribution is -2.45. The Morgan fingerprint density at radius 3 is 2.43 bits per heavy atom. The number of nitrogens with one attached hydrogen (secondary N) is 1. The van der Waals surface area contributed by atoms with Crippen LogP contribution in [0.25, 0.3) is 0 Å². The monoisotopic (exact) mass is 340 g/mol. The Balaban J connectivity index is 0.00000200. The SMILES string of the molecule is CCCC[C@H](c1ccc(F)cc1F)N1CCNCC1.Cl.Cl. The van der Waals surface area contributed by atoms with Gasteiger partial charge in [-0.2, -0.15) is 0 Å². The van der Waals surface area contributed by atoms with Gasteiger partial charge in [-0.05, 0) is 12.5 Å². The Hall–Kier alpha value is -0.420. The van der Waals surface area contributed by atoms with Gasteiger partial charge in [0.05, 0.1) is 0 Å². The van der Waals surface area contributed by atoms with E-state index < -0.39 is 11.6 Å². The van der Waals surface area contributed by atoms with E-state index in [1.54, 1.807) is 6.07 Å². The van der Waals surface area contributed by atoms with E-state index in [4.69, 9.17) is 0 Å². The average Bonchev–Trinajstić information content (AvgIpc) is 2.42. The minimum Gasteiger partial charge on any atom is -0.314 e. The lowest BCUT2D eigenvalue weighted by molar-refractivity contribution is 0.160. The molecule has 0 bridgehead atoms. The molecule has 1 saturated heterocycles. The highest BCUT2D eigenvalue weighted by molar-refractivity contribution is 5.85. The standard InChI is InChI=1S/C15H22F2N2.2ClH/c1-2-3-4-15(19-9-7-18-8-10-19)13-6-5-12(16)11-14(13)17;;/h5-6,11,15,18H,2-4,7-10H2,1H3;2*1H/t15-;;/m1../s1. The molecule has 1 fully saturated rings. The molecule has 1 atom stereocenters. The summed E-state index contributed by atoms with van der Waals surface area (Å²) in [7, 11) is 0. The Labute approximate surface area is 138 Å². The normalized spacial score (nSPS) is 16.7. The van der Waals surface area contributed by atoms with Gasteiger partial charge in [-0.1, -0.05) is 25.8 Å². The van der Waals surface area contributed by atoms with Gasteiger partial charge in [-0.15, -0.1) is 24.8 Å². The van der Waals surface area contributed by atoms with E-state index in [0.29, 0.717) is 5.56 Å². The van der Waals surface area contributed by atoms with E-state index in [1.165, 1.54) is 6.07 Å². The summed E-state index contributed by atoms with van der Waals surface area (Å²) < 4.78 is 27.0. The summed E-state index contributed by atoms with van der Waals surface area (Å²) in [6, 6.07) is 4.03. The summed E-state index contributed by atoms with van der Waals surface area (Å²) in [5.74, 6) is -0.921. The molecule has 122 valence electrons. The zero-order chi connectivity index (χ0) is 13.7. The van der Waals surface area contributed by atoms with E-state index in [0.717, 1.165) is 51.5 Å². The zero-order valence-electron chi connectivity index (χ0n) is 12.3. The quantitative estimate of drug-likeness (QED) is 0.873. The number of piperazine rings is 1. The highest BCUT2D eigenvalue weighted by atomic mass is 35.5. The summed E-state index contributed by atoms with van der Waals surface area (Å²) in [4.78, 5) is 2.31. The predicted molar refractivity (Wildman–Crippen MR) is 87.6 cm³/mol. The van der Waals surface area contributed by atoms with Gasteiger partial charge < -0.3 is 5.32 Å². The smallest absolute Gasteiger partial charge is 0.130 e. The van der Waals surface area contributed by atoms with Crippen LogP contribution in [0.4, 0.5) is 8.78 Å². The molecule has 1 N–H and O–H groups in total. The fourth-order valence-corrected chi connectivity index (χ4v) is 2.70. The first-order valence-electron chi connectivity index (χ1n) is 7.12. The molecule has 0 spiro atoms. The van der Waals surface area contributed by atoms with Crippen LogP contribution < -0.4 is 5.32 Å². The van der Waals surface area contributed by atoms with E-state index >= 15 is 0 Å². The summed E-state index contributed by atoms with van der Waals surface area (Å²) in [5, 5.41) is 3.31. The topological polar surface area (TPSA) is 15.3 Å². The van der Waals surface area contributed by atoms with Gasteiger partial charge in [-0.3, -0.25) is 4.90 Å². The lowest BCUT2D eigenvalue weighted by atomic mass is 9.98. The second-order valence-electron chi connectivity index (χ2n) is 5.11. The Morgan fingerprint density at radius 2 is 1.86 bits per heavy atom. The van der Waals surface area contributed by atoms with Crippen molar-refractivity contribution in [2.24, 2.45) is 0 Å². The molecular weight excluding hydrogens is 317 g/mol. The number of hydrogen-bond acceptors (Lipinski definition) is 2. The van der Waals surface area contributed by atoms with Gasteiger partial charge in [0.1, 0.15) is 11.6 Å². The second-order valence-corrected chi connectivity index (χ2v) is 5.11. The molecule has 0 radical (unpaired) electrons. The number of hydrogen-bond donors (Lipinski definition) is 1. The van der Waals surface area contributed by atoms with Crippen molar-refractivity contribution >= 4 is 24.8 Å². The first-order valence-corrected chi connectivity index (χ1v) is 7.12. The summed E-state index contributed by atoms with van der Waals surface area (Å²) in [6.45, 7) is 5.85. The largest absolute Gasteiger partial charge is 0.314 e. The molecule has 0 unspecified atom stereocenters. The van der Waals surface area contributed by atoms with Crippen LogP contribution in [0.1, 0.15) is 37.8 Å². The fourth-order valence-electron chi connectivity index (χ4n) is 2.70. The number of benzene rings is 1. The van der Waals surface area contributed by atoms with Gasteiger partial charge in [0.25, 0.3) is 0 Å². The van der Waals surface area contributed by atoms with Gasteiger partial charge in [0, 0.05) is 43.9 Å². The molecule has 0 amide bonds. The maximum absolute atomic E-state index is 14.0. The van der Waals surface area contributed by atoms with E-state index in [1.807, 2.05) is 0 Å². The maximum atomic E-state index is 14.0. The Bertz CT molecular complexity index is 413. The van der Waals surface area contributed by atoms with Crippen molar-refractivity contribution in [2.45, 2.75) is 32.2 Å². The minimum atomic E-state index is -0.504. The van der Waals surface area contributed by atoms with Gasteiger partial charge in [-0.25, -0.2) is 8.78 Å². The molecule has 2 nitrogen and oxygen atoms in total. The van der Waals surface area contributed by atoms with Crippen LogP contribution >= 0.6 is 24.8 Å². The predicted octanol–water partition coefficient (Wildman–Crippen LogP) is 3.94. The number of nitrogens with zero attached hydrogens (tertiary/aromatic N) is 1. The van der Waals surface area contributed by atoms with Crippen molar-refractivity contribution in [1.82, 2.24) is 10.2 Å². The van der Waals surface area contributed by atoms with Crippen LogP contribution in [0.3, 0.4) is 0 Å². The van der Waals surface area contributed by atoms with Crippen LogP contribution in [-0.2, 0) is 0 Å². The number of unbranched alkanes of at least 4 members (excludes halogenated alkanes) is 1. The van der Waals surface area contributed by atoms with Gasteiger partial charge >= 0.3 is 0 Å². The van der Waals surface area contributed by atoms with Crippen molar-refractivity contribution in [3.63, 3.8) is 0 Å². The van der Waals surface area contributed by atoms with E-state index in [9.17, 15) is 8.78 Å². The van der Waals surface area contributed by atoms with E-state index in [-0.39, 0.29) is 30.9 Å². The molecular formula is C15H24Cl2F2N2. The molecule has 1 aromatic rings. The van der Waals surface area contributed by atoms with Crippen LogP contribution in [0.5, 0.6) is 0 Å². The van der Waals surface area contributed by atoms with Crippen molar-refractivity contribution in [3.05, 3.63) is 35.4 Å². The molecule has 0 aliphatic carbocycles. The third kappa shape index (κ3) is 5.70. The van der Waals surface area contributed by atoms with Crippen LogP contribution in [0.2, 0.25) is 0 Å². The first-order chi connectivity index (χ1) is 9.22. The van der Waals surface area contributed by atoms with Crippen LogP contribution in [0, 0.1) is 11.6 Å². The fraction of sp³-hybridized carbons (Fsp3) is 0.600. The lowest BCUT2D eigenvalue weighted by Gasteiger charge is -2.35. The number of rotatable bonds is 5. The van der Waals surface area contributed by atoms with Crippen LogP contribution in [0.15, 0.2) is 18.2 Å². The molecule has 1 aliphatic rings. The Kier molecular flexibility index (Phi) is 10.1. The third-order valence-electron chi connectivity index (χ3n) is 3.74. The van der Waals surface area contributed by atoms with Gasteiger partial charge in [0.15, 0.2) is 0 Å². The van der Waals surface area contributed by atoms with Crippen molar-refractivity contribution in [1.29, 1.82) is 0 Å². The van der Waals surface area contributed by atoms with Crippen molar-refractivity contribution in [3.8, 4) is 0 Å². The van der Waals surface area contributed by atoms with Gasteiger partial charge in [0.2, 0.25) is 0 Å². The molecule has 1 aliphatic heterocycles. The summed E-state index contributed by atoms with van der Waals surface area (Å²) in [5.41, 5.74) is 0.636. The summed E-state index contributed by atoms with van der Waals surface area (Å²) >= 11 is 0.